The molecule has 198 valence electrons. The van der Waals surface area contributed by atoms with Crippen molar-refractivity contribution in [1.82, 2.24) is 15.8 Å². The summed E-state index contributed by atoms with van der Waals surface area (Å²) in [5, 5.41) is 31.0. The molecule has 2 unspecified atom stereocenters. The van der Waals surface area contributed by atoms with Gasteiger partial charge in [-0.3, -0.25) is 10.1 Å². The zero-order chi connectivity index (χ0) is 26.8. The van der Waals surface area contributed by atoms with E-state index >= 15 is 0 Å². The third kappa shape index (κ3) is 8.99. The second-order valence-electron chi connectivity index (χ2n) is 7.96. The van der Waals surface area contributed by atoms with E-state index in [1.807, 2.05) is 0 Å². The number of halogens is 3. The average Bonchev–Trinajstić information content (AvgIpc) is 3.33. The molecule has 3 rings (SSSR count). The number of aliphatic hydroxyl groups is 2. The van der Waals surface area contributed by atoms with E-state index in [0.29, 0.717) is 21.9 Å². The second-order valence-corrected chi connectivity index (χ2v) is 8.78. The minimum absolute atomic E-state index is 0.0365. The fraction of sp³-hybridized carbons (Fsp3) is 0.292. The number of ether oxygens (including phenoxy) is 1. The summed E-state index contributed by atoms with van der Waals surface area (Å²) in [6.07, 6.45) is -2.09. The molecule has 0 fully saturated rings. The molecule has 5 N–H and O–H groups in total. The Morgan fingerprint density at radius 1 is 1.16 bits per heavy atom. The van der Waals surface area contributed by atoms with Crippen molar-refractivity contribution in [2.24, 2.45) is 0 Å². The molecular formula is C24H25Cl2FN4O6. The van der Waals surface area contributed by atoms with Crippen LogP contribution in [0.25, 0.3) is 11.3 Å². The number of nitrogens with zero attached hydrogens (tertiary/aromatic N) is 1. The van der Waals surface area contributed by atoms with Crippen LogP contribution in [0.3, 0.4) is 0 Å². The zero-order valence-corrected chi connectivity index (χ0v) is 20.9. The van der Waals surface area contributed by atoms with Gasteiger partial charge in [0.2, 0.25) is 5.91 Å². The Labute approximate surface area is 221 Å². The number of aromatic nitrogens is 1. The maximum absolute atomic E-state index is 13.5. The molecule has 10 nitrogen and oxygen atoms in total. The van der Waals surface area contributed by atoms with Crippen LogP contribution in [0.4, 0.5) is 15.0 Å². The van der Waals surface area contributed by atoms with Crippen molar-refractivity contribution in [1.29, 1.82) is 0 Å². The monoisotopic (exact) mass is 554 g/mol. The first kappa shape index (κ1) is 28.4. The highest BCUT2D eigenvalue weighted by atomic mass is 35.5. The van der Waals surface area contributed by atoms with Gasteiger partial charge in [0.05, 0.1) is 30.3 Å². The second kappa shape index (κ2) is 13.9. The van der Waals surface area contributed by atoms with Gasteiger partial charge in [-0.1, -0.05) is 52.6 Å². The Morgan fingerprint density at radius 3 is 2.70 bits per heavy atom. The minimum atomic E-state index is -1.15. The first-order chi connectivity index (χ1) is 17.7. The standard InChI is InChI=1S/C24H25Cl2FN4O6/c25-16-5-1-3-14(7-16)20-9-21(31-37-20)30-24(35)36-13-17(8-18(33)12-32)29-22(34)11-28-10-15-4-2-6-19(27)23(15)26/h1-7,9,17-18,28,32-33H,8,10-13H2,(H,29,34)(H,30,31,35). The third-order valence-electron chi connectivity index (χ3n) is 5.03. The smallest absolute Gasteiger partial charge is 0.412 e. The molecule has 3 aromatic rings. The number of hydrogen-bond donors (Lipinski definition) is 5. The van der Waals surface area contributed by atoms with Gasteiger partial charge in [0.15, 0.2) is 11.6 Å². The number of rotatable bonds is 12. The lowest BCUT2D eigenvalue weighted by molar-refractivity contribution is -0.121. The lowest BCUT2D eigenvalue weighted by atomic mass is 10.1. The van der Waals surface area contributed by atoms with E-state index in [4.69, 9.17) is 37.6 Å². The summed E-state index contributed by atoms with van der Waals surface area (Å²) >= 11 is 11.9. The predicted octanol–water partition coefficient (Wildman–Crippen LogP) is 3.35. The Balaban J connectivity index is 1.49. The van der Waals surface area contributed by atoms with Gasteiger partial charge in [0.1, 0.15) is 12.4 Å². The van der Waals surface area contributed by atoms with Gasteiger partial charge in [0, 0.05) is 23.2 Å². The SMILES string of the molecule is O=C(CNCc1cccc(F)c1Cl)NC(COC(=O)Nc1cc(-c2cccc(Cl)c2)on1)CC(O)CO. The highest BCUT2D eigenvalue weighted by Gasteiger charge is 2.19. The average molecular weight is 555 g/mol. The molecule has 13 heteroatoms. The van der Waals surface area contributed by atoms with Crippen molar-refractivity contribution in [3.63, 3.8) is 0 Å². The van der Waals surface area contributed by atoms with Crippen molar-refractivity contribution >= 4 is 41.0 Å². The fourth-order valence-electron chi connectivity index (χ4n) is 3.27. The van der Waals surface area contributed by atoms with E-state index in [-0.39, 0.29) is 37.0 Å². The molecule has 0 saturated heterocycles. The van der Waals surface area contributed by atoms with Crippen molar-refractivity contribution in [3.8, 4) is 11.3 Å². The van der Waals surface area contributed by atoms with Gasteiger partial charge in [-0.25, -0.2) is 9.18 Å². The maximum Gasteiger partial charge on any atom is 0.412 e. The molecule has 2 aromatic carbocycles. The van der Waals surface area contributed by atoms with Gasteiger partial charge in [-0.15, -0.1) is 0 Å². The third-order valence-corrected chi connectivity index (χ3v) is 5.69. The molecule has 0 aliphatic rings. The lowest BCUT2D eigenvalue weighted by Gasteiger charge is -2.21. The number of amides is 2. The van der Waals surface area contributed by atoms with Crippen LogP contribution in [0.5, 0.6) is 0 Å². The normalized spacial score (nSPS) is 12.6. The molecule has 0 radical (unpaired) electrons. The van der Waals surface area contributed by atoms with Crippen molar-refractivity contribution in [2.45, 2.75) is 25.1 Å². The summed E-state index contributed by atoms with van der Waals surface area (Å²) in [5.74, 6) is -0.572. The molecule has 0 aliphatic heterocycles. The van der Waals surface area contributed by atoms with Crippen molar-refractivity contribution < 1.29 is 33.5 Å². The fourth-order valence-corrected chi connectivity index (χ4v) is 3.66. The van der Waals surface area contributed by atoms with E-state index in [9.17, 15) is 19.1 Å². The molecule has 0 aliphatic carbocycles. The van der Waals surface area contributed by atoms with Gasteiger partial charge in [0.25, 0.3) is 0 Å². The molecule has 2 atom stereocenters. The first-order valence-corrected chi connectivity index (χ1v) is 11.9. The highest BCUT2D eigenvalue weighted by Crippen LogP contribution is 2.25. The van der Waals surface area contributed by atoms with Gasteiger partial charge >= 0.3 is 6.09 Å². The van der Waals surface area contributed by atoms with E-state index < -0.39 is 36.6 Å². The van der Waals surface area contributed by atoms with Gasteiger partial charge < -0.3 is 30.1 Å². The number of benzene rings is 2. The number of aliphatic hydroxyl groups excluding tert-OH is 2. The van der Waals surface area contributed by atoms with Crippen LogP contribution in [0, 0.1) is 5.82 Å². The van der Waals surface area contributed by atoms with Crippen LogP contribution in [-0.2, 0) is 16.1 Å². The maximum atomic E-state index is 13.5. The van der Waals surface area contributed by atoms with Crippen LogP contribution in [0.15, 0.2) is 53.1 Å². The summed E-state index contributed by atoms with van der Waals surface area (Å²) in [4.78, 5) is 24.6. The molecule has 37 heavy (non-hydrogen) atoms. The van der Waals surface area contributed by atoms with Gasteiger partial charge in [-0.05, 0) is 30.2 Å². The van der Waals surface area contributed by atoms with Crippen LogP contribution in [0.2, 0.25) is 10.0 Å². The largest absolute Gasteiger partial charge is 0.447 e. The summed E-state index contributed by atoms with van der Waals surface area (Å²) in [7, 11) is 0. The molecule has 0 bridgehead atoms. The van der Waals surface area contributed by atoms with E-state index in [0.717, 1.165) is 0 Å². The summed E-state index contributed by atoms with van der Waals surface area (Å²) < 4.78 is 23.9. The quantitative estimate of drug-likeness (QED) is 0.229. The summed E-state index contributed by atoms with van der Waals surface area (Å²) in [5.41, 5.74) is 1.14. The summed E-state index contributed by atoms with van der Waals surface area (Å²) in [6, 6.07) is 11.9. The Kier molecular flexibility index (Phi) is 10.7. The molecule has 0 saturated carbocycles. The van der Waals surface area contributed by atoms with Crippen molar-refractivity contribution in [3.05, 3.63) is 70.0 Å². The van der Waals surface area contributed by atoms with Crippen LogP contribution in [-0.4, -0.2) is 59.3 Å². The molecule has 2 amide bonds. The molecule has 0 spiro atoms. The van der Waals surface area contributed by atoms with Crippen LogP contribution < -0.4 is 16.0 Å². The minimum Gasteiger partial charge on any atom is -0.447 e. The predicted molar refractivity (Wildman–Crippen MR) is 135 cm³/mol. The van der Waals surface area contributed by atoms with Crippen LogP contribution >= 0.6 is 23.2 Å². The van der Waals surface area contributed by atoms with E-state index in [1.165, 1.54) is 18.2 Å². The first-order valence-electron chi connectivity index (χ1n) is 11.1. The summed E-state index contributed by atoms with van der Waals surface area (Å²) in [6.45, 7) is -0.860. The Bertz CT molecular complexity index is 1210. The van der Waals surface area contributed by atoms with Gasteiger partial charge in [-0.2, -0.15) is 0 Å². The topological polar surface area (TPSA) is 146 Å². The highest BCUT2D eigenvalue weighted by molar-refractivity contribution is 6.31. The number of nitrogens with one attached hydrogen (secondary N) is 3. The zero-order valence-electron chi connectivity index (χ0n) is 19.4. The Morgan fingerprint density at radius 2 is 1.95 bits per heavy atom. The number of hydrogen-bond acceptors (Lipinski definition) is 8. The Hall–Kier alpha value is -3.22. The lowest BCUT2D eigenvalue weighted by Crippen LogP contribution is -2.45. The van der Waals surface area contributed by atoms with Crippen molar-refractivity contribution in [2.75, 3.05) is 25.1 Å². The van der Waals surface area contributed by atoms with E-state index in [1.54, 1.807) is 30.3 Å². The molecule has 1 heterocycles. The van der Waals surface area contributed by atoms with Crippen LogP contribution in [0.1, 0.15) is 12.0 Å². The number of anilines is 1. The molecule has 1 aromatic heterocycles. The molecular weight excluding hydrogens is 530 g/mol. The number of carbonyl (C=O) groups is 2. The number of carbonyl (C=O) groups excluding carboxylic acids is 2. The van der Waals surface area contributed by atoms with E-state index in [2.05, 4.69) is 21.1 Å².